The first-order valence-electron chi connectivity index (χ1n) is 8.31. The predicted octanol–water partition coefficient (Wildman–Crippen LogP) is 2.21. The van der Waals surface area contributed by atoms with Gasteiger partial charge in [-0.25, -0.2) is 8.42 Å². The van der Waals surface area contributed by atoms with E-state index in [1.165, 1.54) is 31.2 Å². The topological polar surface area (TPSA) is 55.4 Å². The SMILES string of the molecule is O=S1(=O)CCc2cc(CN[C@H]3CCOC34CCCC4)ccc21. The average Bonchev–Trinajstić information content (AvgIpc) is 3.20. The van der Waals surface area contributed by atoms with E-state index in [1.807, 2.05) is 6.07 Å². The van der Waals surface area contributed by atoms with E-state index in [1.54, 1.807) is 6.07 Å². The second-order valence-electron chi connectivity index (χ2n) is 6.85. The molecule has 1 aromatic carbocycles. The van der Waals surface area contributed by atoms with Crippen LogP contribution in [0.4, 0.5) is 0 Å². The van der Waals surface area contributed by atoms with E-state index in [2.05, 4.69) is 11.4 Å². The first-order chi connectivity index (χ1) is 10.6. The molecule has 5 heteroatoms. The van der Waals surface area contributed by atoms with Crippen LogP contribution in [0.1, 0.15) is 43.2 Å². The highest BCUT2D eigenvalue weighted by molar-refractivity contribution is 7.91. The van der Waals surface area contributed by atoms with Gasteiger partial charge < -0.3 is 10.1 Å². The summed E-state index contributed by atoms with van der Waals surface area (Å²) in [6, 6.07) is 6.23. The van der Waals surface area contributed by atoms with Crippen molar-refractivity contribution in [3.05, 3.63) is 29.3 Å². The summed E-state index contributed by atoms with van der Waals surface area (Å²) in [5.74, 6) is 0.263. The van der Waals surface area contributed by atoms with Crippen molar-refractivity contribution >= 4 is 9.84 Å². The van der Waals surface area contributed by atoms with Gasteiger partial charge in [-0.15, -0.1) is 0 Å². The van der Waals surface area contributed by atoms with Gasteiger partial charge in [0.05, 0.1) is 16.2 Å². The lowest BCUT2D eigenvalue weighted by molar-refractivity contribution is -0.00484. The number of aryl methyl sites for hydroxylation is 1. The summed E-state index contributed by atoms with van der Waals surface area (Å²) in [6.07, 6.45) is 6.63. The fourth-order valence-corrected chi connectivity index (χ4v) is 5.88. The molecule has 1 aliphatic carbocycles. The zero-order valence-corrected chi connectivity index (χ0v) is 13.6. The van der Waals surface area contributed by atoms with Gasteiger partial charge in [-0.1, -0.05) is 25.0 Å². The number of benzene rings is 1. The highest BCUT2D eigenvalue weighted by Gasteiger charge is 2.45. The van der Waals surface area contributed by atoms with E-state index in [4.69, 9.17) is 4.74 Å². The molecule has 1 saturated carbocycles. The molecule has 0 bridgehead atoms. The summed E-state index contributed by atoms with van der Waals surface area (Å²) in [6.45, 7) is 1.66. The average molecular weight is 321 g/mol. The molecule has 1 N–H and O–H groups in total. The molecule has 2 aliphatic heterocycles. The van der Waals surface area contributed by atoms with Crippen molar-refractivity contribution in [3.8, 4) is 0 Å². The number of rotatable bonds is 3. The van der Waals surface area contributed by atoms with Crippen LogP contribution in [0, 0.1) is 0 Å². The van der Waals surface area contributed by atoms with Crippen LogP contribution in [0.3, 0.4) is 0 Å². The van der Waals surface area contributed by atoms with Crippen LogP contribution < -0.4 is 5.32 Å². The highest BCUT2D eigenvalue weighted by atomic mass is 32.2. The Morgan fingerprint density at radius 2 is 2.09 bits per heavy atom. The van der Waals surface area contributed by atoms with Crippen LogP contribution >= 0.6 is 0 Å². The second-order valence-corrected chi connectivity index (χ2v) is 8.93. The summed E-state index contributed by atoms with van der Waals surface area (Å²) < 4.78 is 29.8. The van der Waals surface area contributed by atoms with Crippen LogP contribution in [0.25, 0.3) is 0 Å². The minimum atomic E-state index is -3.01. The lowest BCUT2D eigenvalue weighted by atomic mass is 9.92. The molecule has 2 fully saturated rings. The smallest absolute Gasteiger partial charge is 0.178 e. The summed E-state index contributed by atoms with van der Waals surface area (Å²) in [5.41, 5.74) is 2.23. The molecule has 1 saturated heterocycles. The summed E-state index contributed by atoms with van der Waals surface area (Å²) in [5, 5.41) is 3.67. The van der Waals surface area contributed by atoms with Crippen molar-refractivity contribution in [1.29, 1.82) is 0 Å². The summed E-state index contributed by atoms with van der Waals surface area (Å²) >= 11 is 0. The number of sulfone groups is 1. The first-order valence-corrected chi connectivity index (χ1v) is 9.96. The van der Waals surface area contributed by atoms with Crippen molar-refractivity contribution in [2.45, 2.75) is 61.6 Å². The van der Waals surface area contributed by atoms with Crippen LogP contribution in [-0.2, 0) is 27.5 Å². The lowest BCUT2D eigenvalue weighted by Gasteiger charge is -2.30. The fraction of sp³-hybridized carbons (Fsp3) is 0.647. The van der Waals surface area contributed by atoms with Gasteiger partial charge in [0.25, 0.3) is 0 Å². The quantitative estimate of drug-likeness (QED) is 0.927. The molecular formula is C17H23NO3S. The Morgan fingerprint density at radius 3 is 2.91 bits per heavy atom. The first kappa shape index (κ1) is 14.7. The molecule has 4 nitrogen and oxygen atoms in total. The minimum absolute atomic E-state index is 0.0695. The van der Waals surface area contributed by atoms with E-state index in [0.717, 1.165) is 25.1 Å². The molecule has 0 aromatic heterocycles. The third kappa shape index (κ3) is 2.39. The molecular weight excluding hydrogens is 298 g/mol. The standard InChI is InChI=1S/C17H23NO3S/c19-22(20)10-6-14-11-13(3-4-15(14)22)12-18-16-5-9-21-17(16)7-1-2-8-17/h3-4,11,16,18H,1-2,5-10,12H2/t16-/m0/s1. The Bertz CT molecular complexity index is 672. The van der Waals surface area contributed by atoms with E-state index >= 15 is 0 Å². The van der Waals surface area contributed by atoms with Crippen LogP contribution in [0.2, 0.25) is 0 Å². The number of fused-ring (bicyclic) bond motifs is 1. The maximum atomic E-state index is 11.9. The van der Waals surface area contributed by atoms with Gasteiger partial charge in [0.2, 0.25) is 0 Å². The third-order valence-electron chi connectivity index (χ3n) is 5.53. The number of hydrogen-bond donors (Lipinski definition) is 1. The van der Waals surface area contributed by atoms with Gasteiger partial charge in [0.15, 0.2) is 9.84 Å². The summed E-state index contributed by atoms with van der Waals surface area (Å²) in [7, 11) is -3.01. The highest BCUT2D eigenvalue weighted by Crippen LogP contribution is 2.41. The van der Waals surface area contributed by atoms with Gasteiger partial charge in [-0.2, -0.15) is 0 Å². The number of nitrogens with one attached hydrogen (secondary N) is 1. The van der Waals surface area contributed by atoms with Crippen LogP contribution in [0.15, 0.2) is 23.1 Å². The number of ether oxygens (including phenoxy) is 1. The molecule has 1 aromatic rings. The zero-order valence-electron chi connectivity index (χ0n) is 12.8. The van der Waals surface area contributed by atoms with Gasteiger partial charge in [0.1, 0.15) is 0 Å². The molecule has 22 heavy (non-hydrogen) atoms. The second kappa shape index (κ2) is 5.32. The van der Waals surface area contributed by atoms with Crippen molar-refractivity contribution < 1.29 is 13.2 Å². The third-order valence-corrected chi connectivity index (χ3v) is 7.34. The molecule has 120 valence electrons. The molecule has 1 spiro atoms. The maximum Gasteiger partial charge on any atom is 0.178 e. The van der Waals surface area contributed by atoms with Gasteiger partial charge in [-0.3, -0.25) is 0 Å². The molecule has 3 aliphatic rings. The maximum absolute atomic E-state index is 11.9. The Labute approximate surface area is 132 Å². The molecule has 0 unspecified atom stereocenters. The van der Waals surface area contributed by atoms with E-state index in [0.29, 0.717) is 17.4 Å². The van der Waals surface area contributed by atoms with Crippen molar-refractivity contribution in [2.24, 2.45) is 0 Å². The largest absolute Gasteiger partial charge is 0.373 e. The Morgan fingerprint density at radius 1 is 1.27 bits per heavy atom. The van der Waals surface area contributed by atoms with Gasteiger partial charge in [-0.05, 0) is 42.9 Å². The lowest BCUT2D eigenvalue weighted by Crippen LogP contribution is -2.45. The van der Waals surface area contributed by atoms with Crippen molar-refractivity contribution in [2.75, 3.05) is 12.4 Å². The Kier molecular flexibility index (Phi) is 3.55. The monoisotopic (exact) mass is 321 g/mol. The Hall–Kier alpha value is -0.910. The molecule has 4 rings (SSSR count). The van der Waals surface area contributed by atoms with E-state index < -0.39 is 9.84 Å². The van der Waals surface area contributed by atoms with Gasteiger partial charge in [0, 0.05) is 19.2 Å². The van der Waals surface area contributed by atoms with Crippen molar-refractivity contribution in [3.63, 3.8) is 0 Å². The number of hydrogen-bond acceptors (Lipinski definition) is 4. The molecule has 1 atom stereocenters. The fourth-order valence-electron chi connectivity index (χ4n) is 4.33. The van der Waals surface area contributed by atoms with Crippen LogP contribution in [-0.4, -0.2) is 32.4 Å². The minimum Gasteiger partial charge on any atom is -0.373 e. The summed E-state index contributed by atoms with van der Waals surface area (Å²) in [4.78, 5) is 0.535. The van der Waals surface area contributed by atoms with E-state index in [-0.39, 0.29) is 11.4 Å². The van der Waals surface area contributed by atoms with Crippen LogP contribution in [0.5, 0.6) is 0 Å². The molecule has 2 heterocycles. The zero-order chi connectivity index (χ0) is 15.2. The molecule has 0 radical (unpaired) electrons. The van der Waals surface area contributed by atoms with E-state index in [9.17, 15) is 8.42 Å². The van der Waals surface area contributed by atoms with Gasteiger partial charge >= 0.3 is 0 Å². The predicted molar refractivity (Wildman–Crippen MR) is 84.6 cm³/mol. The molecule has 0 amide bonds. The van der Waals surface area contributed by atoms with Crippen molar-refractivity contribution in [1.82, 2.24) is 5.32 Å². The Balaban J connectivity index is 1.46. The normalized spacial score (nSPS) is 28.3.